The Morgan fingerprint density at radius 1 is 0.917 bits per heavy atom. The van der Waals surface area contributed by atoms with Crippen molar-refractivity contribution in [3.05, 3.63) is 71.8 Å². The lowest BCUT2D eigenvalue weighted by Gasteiger charge is -2.13. The summed E-state index contributed by atoms with van der Waals surface area (Å²) in [5, 5.41) is 11.1. The molecule has 3 rings (SSSR count). The SMILES string of the molecule is C[N+](/N=C(\C(=O)c1ccccc1)c1ccccc1)=C1NCCCN1. The molecular weight excluding hydrogens is 300 g/mol. The Labute approximate surface area is 141 Å². The number of hydrogen-bond donors (Lipinski definition) is 2. The van der Waals surface area contributed by atoms with Crippen molar-refractivity contribution in [3.8, 4) is 0 Å². The van der Waals surface area contributed by atoms with Crippen LogP contribution in [0.25, 0.3) is 0 Å². The number of ketones is 1. The number of nitrogens with one attached hydrogen (secondary N) is 2. The minimum atomic E-state index is -0.0925. The minimum Gasteiger partial charge on any atom is -0.287 e. The molecular formula is C19H21N4O+. The van der Waals surface area contributed by atoms with Crippen LogP contribution in [0.2, 0.25) is 0 Å². The van der Waals surface area contributed by atoms with Crippen LogP contribution in [0.1, 0.15) is 22.3 Å². The van der Waals surface area contributed by atoms with Gasteiger partial charge in [-0.25, -0.2) is 0 Å². The van der Waals surface area contributed by atoms with Gasteiger partial charge in [0.05, 0.1) is 20.1 Å². The van der Waals surface area contributed by atoms with Crippen molar-refractivity contribution in [2.75, 3.05) is 20.1 Å². The standard InChI is InChI=1S/C19H20N4O/c1-23(19-20-13-8-14-21-19)22-17(15-9-4-2-5-10-15)18(24)16-11-6-3-7-12-16/h2-7,9-12H,8,13-14H2,1H3,(H,20,21)/p+1/b22-17-. The van der Waals surface area contributed by atoms with Crippen LogP contribution < -0.4 is 10.6 Å². The number of Topliss-reactive ketones (excluding diaryl/α,β-unsaturated/α-hetero) is 1. The first kappa shape index (κ1) is 15.9. The third-order valence-electron chi connectivity index (χ3n) is 3.81. The van der Waals surface area contributed by atoms with Crippen molar-refractivity contribution < 1.29 is 9.48 Å². The number of carbonyl (C=O) groups is 1. The van der Waals surface area contributed by atoms with Gasteiger partial charge in [0.25, 0.3) is 0 Å². The first-order valence-corrected chi connectivity index (χ1v) is 8.08. The predicted molar refractivity (Wildman–Crippen MR) is 95.6 cm³/mol. The molecule has 1 saturated heterocycles. The Balaban J connectivity index is 2.02. The molecule has 0 aliphatic carbocycles. The summed E-state index contributed by atoms with van der Waals surface area (Å²) in [6.07, 6.45) is 1.07. The highest BCUT2D eigenvalue weighted by atomic mass is 16.1. The van der Waals surface area contributed by atoms with Crippen molar-refractivity contribution in [1.29, 1.82) is 0 Å². The van der Waals surface area contributed by atoms with E-state index in [1.54, 1.807) is 4.68 Å². The quantitative estimate of drug-likeness (QED) is 0.391. The monoisotopic (exact) mass is 321 g/mol. The van der Waals surface area contributed by atoms with Gasteiger partial charge < -0.3 is 0 Å². The van der Waals surface area contributed by atoms with Gasteiger partial charge in [0.1, 0.15) is 0 Å². The van der Waals surface area contributed by atoms with E-state index in [1.165, 1.54) is 0 Å². The highest BCUT2D eigenvalue weighted by Crippen LogP contribution is 2.09. The number of hydrazone groups is 1. The smallest absolute Gasteiger partial charge is 0.287 e. The van der Waals surface area contributed by atoms with E-state index in [0.717, 1.165) is 31.0 Å². The fourth-order valence-electron chi connectivity index (χ4n) is 2.55. The Kier molecular flexibility index (Phi) is 5.01. The summed E-state index contributed by atoms with van der Waals surface area (Å²) in [5.41, 5.74) is 1.85. The molecule has 0 amide bonds. The Morgan fingerprint density at radius 3 is 2.04 bits per heavy atom. The summed E-state index contributed by atoms with van der Waals surface area (Å²) in [5.74, 6) is 0.723. The van der Waals surface area contributed by atoms with Crippen molar-refractivity contribution in [2.24, 2.45) is 5.10 Å². The van der Waals surface area contributed by atoms with E-state index in [9.17, 15) is 4.79 Å². The highest BCUT2D eigenvalue weighted by molar-refractivity contribution is 6.51. The molecule has 0 aromatic heterocycles. The molecule has 24 heavy (non-hydrogen) atoms. The molecule has 5 nitrogen and oxygen atoms in total. The number of carbonyl (C=O) groups excluding carboxylic acids is 1. The number of rotatable bonds is 4. The summed E-state index contributed by atoms with van der Waals surface area (Å²) in [6.45, 7) is 1.80. The van der Waals surface area contributed by atoms with Crippen LogP contribution in [-0.4, -0.2) is 42.3 Å². The average molecular weight is 321 g/mol. The van der Waals surface area contributed by atoms with Gasteiger partial charge in [-0.15, -0.1) is 9.79 Å². The summed E-state index contributed by atoms with van der Waals surface area (Å²) < 4.78 is 1.70. The maximum absolute atomic E-state index is 13.0. The van der Waals surface area contributed by atoms with Crippen molar-refractivity contribution >= 4 is 17.5 Å². The summed E-state index contributed by atoms with van der Waals surface area (Å²) in [4.78, 5) is 13.0. The van der Waals surface area contributed by atoms with Gasteiger partial charge in [-0.3, -0.25) is 15.4 Å². The van der Waals surface area contributed by atoms with Gasteiger partial charge in [-0.2, -0.15) is 0 Å². The summed E-state index contributed by atoms with van der Waals surface area (Å²) >= 11 is 0. The summed E-state index contributed by atoms with van der Waals surface area (Å²) in [6, 6.07) is 18.8. The topological polar surface area (TPSA) is 56.5 Å². The third-order valence-corrected chi connectivity index (χ3v) is 3.81. The number of benzene rings is 2. The molecule has 1 heterocycles. The highest BCUT2D eigenvalue weighted by Gasteiger charge is 2.20. The van der Waals surface area contributed by atoms with Crippen LogP contribution in [0.5, 0.6) is 0 Å². The van der Waals surface area contributed by atoms with Gasteiger partial charge in [-0.1, -0.05) is 60.7 Å². The molecule has 0 radical (unpaired) electrons. The first-order valence-electron chi connectivity index (χ1n) is 8.08. The van der Waals surface area contributed by atoms with E-state index in [0.29, 0.717) is 11.3 Å². The molecule has 1 aliphatic heterocycles. The lowest BCUT2D eigenvalue weighted by Crippen LogP contribution is -2.48. The zero-order valence-electron chi connectivity index (χ0n) is 13.7. The summed E-state index contributed by atoms with van der Waals surface area (Å²) in [7, 11) is 1.84. The molecule has 1 aliphatic rings. The Morgan fingerprint density at radius 2 is 1.46 bits per heavy atom. The zero-order valence-corrected chi connectivity index (χ0v) is 13.7. The largest absolute Gasteiger partial charge is 0.369 e. The third kappa shape index (κ3) is 3.68. The van der Waals surface area contributed by atoms with E-state index in [4.69, 9.17) is 0 Å². The van der Waals surface area contributed by atoms with Crippen LogP contribution in [0.15, 0.2) is 65.8 Å². The number of guanidine groups is 1. The maximum Gasteiger partial charge on any atom is 0.369 e. The molecule has 0 bridgehead atoms. The van der Waals surface area contributed by atoms with Crippen LogP contribution in [0, 0.1) is 0 Å². The molecule has 1 fully saturated rings. The van der Waals surface area contributed by atoms with E-state index in [1.807, 2.05) is 67.7 Å². The van der Waals surface area contributed by atoms with Crippen LogP contribution in [0.4, 0.5) is 0 Å². The fraction of sp³-hybridized carbons (Fsp3) is 0.211. The van der Waals surface area contributed by atoms with E-state index < -0.39 is 0 Å². The predicted octanol–water partition coefficient (Wildman–Crippen LogP) is 1.85. The zero-order chi connectivity index (χ0) is 16.8. The normalized spacial score (nSPS) is 14.5. The second-order valence-electron chi connectivity index (χ2n) is 5.59. The van der Waals surface area contributed by atoms with Crippen molar-refractivity contribution in [1.82, 2.24) is 10.6 Å². The Bertz CT molecular complexity index is 758. The lowest BCUT2D eigenvalue weighted by atomic mass is 10.0. The van der Waals surface area contributed by atoms with Crippen molar-refractivity contribution in [3.63, 3.8) is 0 Å². The maximum atomic E-state index is 13.0. The van der Waals surface area contributed by atoms with Gasteiger partial charge in [0.15, 0.2) is 5.71 Å². The Hall–Kier alpha value is -2.95. The molecule has 0 spiro atoms. The van der Waals surface area contributed by atoms with Crippen LogP contribution >= 0.6 is 0 Å². The second-order valence-corrected chi connectivity index (χ2v) is 5.59. The first-order chi connectivity index (χ1) is 11.8. The van der Waals surface area contributed by atoms with Crippen LogP contribution in [-0.2, 0) is 0 Å². The van der Waals surface area contributed by atoms with Crippen molar-refractivity contribution in [2.45, 2.75) is 6.42 Å². The molecule has 122 valence electrons. The van der Waals surface area contributed by atoms with Gasteiger partial charge in [0.2, 0.25) is 5.78 Å². The molecule has 0 unspecified atom stereocenters. The average Bonchev–Trinajstić information content (AvgIpc) is 2.67. The fourth-order valence-corrected chi connectivity index (χ4v) is 2.55. The number of nitrogens with zero attached hydrogens (tertiary/aromatic N) is 2. The molecule has 0 saturated carbocycles. The second kappa shape index (κ2) is 7.55. The van der Waals surface area contributed by atoms with E-state index in [-0.39, 0.29) is 5.78 Å². The van der Waals surface area contributed by atoms with Gasteiger partial charge in [0, 0.05) is 17.5 Å². The van der Waals surface area contributed by atoms with Crippen LogP contribution in [0.3, 0.4) is 0 Å². The van der Waals surface area contributed by atoms with Gasteiger partial charge in [-0.05, 0) is 0 Å². The van der Waals surface area contributed by atoms with Gasteiger partial charge >= 0.3 is 5.96 Å². The molecule has 2 N–H and O–H groups in total. The lowest BCUT2D eigenvalue weighted by molar-refractivity contribution is -0.506. The minimum absolute atomic E-state index is 0.0925. The molecule has 5 heteroatoms. The van der Waals surface area contributed by atoms with E-state index >= 15 is 0 Å². The molecule has 2 aromatic rings. The molecule has 0 atom stereocenters. The number of hydrogen-bond acceptors (Lipinski definition) is 2. The van der Waals surface area contributed by atoms with E-state index in [2.05, 4.69) is 15.7 Å². The molecule has 2 aromatic carbocycles.